The van der Waals surface area contributed by atoms with Crippen molar-refractivity contribution in [2.75, 3.05) is 0 Å². The molecule has 3 aromatic rings. The first-order valence-electron chi connectivity index (χ1n) is 6.67. The van der Waals surface area contributed by atoms with E-state index in [1.54, 1.807) is 0 Å². The molecule has 0 aliphatic carbocycles. The number of rotatable bonds is 3. The van der Waals surface area contributed by atoms with Gasteiger partial charge >= 0.3 is 0 Å². The van der Waals surface area contributed by atoms with Crippen LogP contribution in [0.5, 0.6) is 0 Å². The quantitative estimate of drug-likeness (QED) is 0.337. The van der Waals surface area contributed by atoms with Crippen molar-refractivity contribution in [2.24, 2.45) is 0 Å². The molecule has 0 aliphatic rings. The predicted octanol–water partition coefficient (Wildman–Crippen LogP) is 4.84. The molecule has 0 heterocycles. The number of hydrogen-bond acceptors (Lipinski definition) is 0. The van der Waals surface area contributed by atoms with Crippen molar-refractivity contribution in [1.82, 2.24) is 0 Å². The molecular formula is C19H15ClSn. The molecule has 0 saturated carbocycles. The van der Waals surface area contributed by atoms with E-state index in [1.807, 2.05) is 54.6 Å². The molecule has 0 spiro atoms. The molecule has 3 rings (SSSR count). The van der Waals surface area contributed by atoms with E-state index < -0.39 is 4.87 Å². The third kappa shape index (κ3) is 3.17. The third-order valence-electron chi connectivity index (χ3n) is 3.51. The maximum atomic E-state index is 7.12. The second-order valence-corrected chi connectivity index (χ2v) is 5.32. The Balaban J connectivity index is 0.00000161. The molecule has 21 heavy (non-hydrogen) atoms. The SMILES string of the molecule is ClC(c1ccccc1)(c1ccccc1)c1ccccc1.[Sn]. The molecule has 3 aromatic carbocycles. The minimum Gasteiger partial charge on any atom is -0.104 e. The summed E-state index contributed by atoms with van der Waals surface area (Å²) in [4.78, 5) is -0.649. The summed E-state index contributed by atoms with van der Waals surface area (Å²) < 4.78 is 0. The van der Waals surface area contributed by atoms with Gasteiger partial charge in [0, 0.05) is 23.9 Å². The zero-order valence-corrected chi connectivity index (χ0v) is 15.1. The summed E-state index contributed by atoms with van der Waals surface area (Å²) in [5.74, 6) is 0. The van der Waals surface area contributed by atoms with Crippen LogP contribution in [0.2, 0.25) is 0 Å². The first-order valence-corrected chi connectivity index (χ1v) is 7.05. The summed E-state index contributed by atoms with van der Waals surface area (Å²) in [5.41, 5.74) is 3.25. The summed E-state index contributed by atoms with van der Waals surface area (Å²) >= 11 is 7.12. The maximum absolute atomic E-state index is 7.12. The largest absolute Gasteiger partial charge is 0.119 e. The smallest absolute Gasteiger partial charge is 0.104 e. The molecule has 0 bridgehead atoms. The van der Waals surface area contributed by atoms with Gasteiger partial charge in [-0.3, -0.25) is 0 Å². The van der Waals surface area contributed by atoms with E-state index in [0.717, 1.165) is 16.7 Å². The molecule has 0 unspecified atom stereocenters. The van der Waals surface area contributed by atoms with Crippen LogP contribution in [0.1, 0.15) is 16.7 Å². The zero-order chi connectivity index (χ0) is 13.8. The van der Waals surface area contributed by atoms with Crippen LogP contribution in [0.25, 0.3) is 0 Å². The molecule has 4 radical (unpaired) electrons. The molecule has 0 saturated heterocycles. The summed E-state index contributed by atoms with van der Waals surface area (Å²) in [7, 11) is 0. The molecule has 0 N–H and O–H groups in total. The molecule has 0 aliphatic heterocycles. The fourth-order valence-electron chi connectivity index (χ4n) is 2.50. The zero-order valence-electron chi connectivity index (χ0n) is 11.5. The maximum Gasteiger partial charge on any atom is 0.119 e. The van der Waals surface area contributed by atoms with E-state index in [4.69, 9.17) is 11.6 Å². The summed E-state index contributed by atoms with van der Waals surface area (Å²) in [6, 6.07) is 30.6. The van der Waals surface area contributed by atoms with Crippen molar-refractivity contribution >= 4 is 35.5 Å². The van der Waals surface area contributed by atoms with Gasteiger partial charge in [0.2, 0.25) is 0 Å². The molecule has 0 atom stereocenters. The Morgan fingerprint density at radius 1 is 0.476 bits per heavy atom. The number of benzene rings is 3. The molecule has 102 valence electrons. The monoisotopic (exact) mass is 398 g/mol. The van der Waals surface area contributed by atoms with E-state index in [1.165, 1.54) is 0 Å². The van der Waals surface area contributed by atoms with Crippen LogP contribution in [0.3, 0.4) is 0 Å². The normalized spacial score (nSPS) is 10.7. The Morgan fingerprint density at radius 3 is 0.952 bits per heavy atom. The Labute approximate surface area is 147 Å². The fourth-order valence-corrected chi connectivity index (χ4v) is 2.88. The first-order chi connectivity index (χ1) is 9.82. The Bertz CT molecular complexity index is 569. The van der Waals surface area contributed by atoms with Gasteiger partial charge in [-0.05, 0) is 16.7 Å². The standard InChI is InChI=1S/C19H15Cl.Sn/c20-19(16-10-4-1-5-11-16,17-12-6-2-7-13-17)18-14-8-3-9-15-18;/h1-15H;. The summed E-state index contributed by atoms with van der Waals surface area (Å²) in [6.45, 7) is 0. The first kappa shape index (κ1) is 16.1. The fraction of sp³-hybridized carbons (Fsp3) is 0.0526. The van der Waals surface area contributed by atoms with Crippen molar-refractivity contribution in [3.63, 3.8) is 0 Å². The van der Waals surface area contributed by atoms with Crippen molar-refractivity contribution in [3.8, 4) is 0 Å². The summed E-state index contributed by atoms with van der Waals surface area (Å²) in [6.07, 6.45) is 0. The molecule has 2 heteroatoms. The average Bonchev–Trinajstić information content (AvgIpc) is 2.56. The molecule has 0 aromatic heterocycles. The second kappa shape index (κ2) is 7.15. The van der Waals surface area contributed by atoms with Gasteiger partial charge in [-0.1, -0.05) is 91.0 Å². The van der Waals surface area contributed by atoms with Crippen molar-refractivity contribution in [3.05, 3.63) is 108 Å². The summed E-state index contributed by atoms with van der Waals surface area (Å²) in [5, 5.41) is 0. The van der Waals surface area contributed by atoms with E-state index in [0.29, 0.717) is 0 Å². The van der Waals surface area contributed by atoms with Crippen LogP contribution in [-0.2, 0) is 4.87 Å². The van der Waals surface area contributed by atoms with Gasteiger partial charge in [0.1, 0.15) is 4.87 Å². The van der Waals surface area contributed by atoms with Gasteiger partial charge in [-0.15, -0.1) is 11.6 Å². The van der Waals surface area contributed by atoms with Gasteiger partial charge in [0.25, 0.3) is 0 Å². The molecular weight excluding hydrogens is 382 g/mol. The Kier molecular flexibility index (Phi) is 5.49. The predicted molar refractivity (Wildman–Crippen MR) is 90.8 cm³/mol. The Hall–Kier alpha value is -1.25. The molecule has 0 fully saturated rings. The van der Waals surface area contributed by atoms with Crippen LogP contribution in [0.15, 0.2) is 91.0 Å². The van der Waals surface area contributed by atoms with Crippen LogP contribution in [-0.4, -0.2) is 23.9 Å². The minimum atomic E-state index is -0.649. The van der Waals surface area contributed by atoms with Crippen LogP contribution in [0.4, 0.5) is 0 Å². The topological polar surface area (TPSA) is 0 Å². The minimum absolute atomic E-state index is 0. The molecule has 0 amide bonds. The second-order valence-electron chi connectivity index (χ2n) is 4.76. The van der Waals surface area contributed by atoms with Crippen molar-refractivity contribution < 1.29 is 0 Å². The number of alkyl halides is 1. The van der Waals surface area contributed by atoms with Gasteiger partial charge in [-0.2, -0.15) is 0 Å². The van der Waals surface area contributed by atoms with Crippen LogP contribution in [0, 0.1) is 0 Å². The van der Waals surface area contributed by atoms with Crippen LogP contribution < -0.4 is 0 Å². The van der Waals surface area contributed by atoms with Gasteiger partial charge < -0.3 is 0 Å². The van der Waals surface area contributed by atoms with Crippen molar-refractivity contribution in [1.29, 1.82) is 0 Å². The third-order valence-corrected chi connectivity index (χ3v) is 4.17. The number of halogens is 1. The van der Waals surface area contributed by atoms with Crippen molar-refractivity contribution in [2.45, 2.75) is 4.87 Å². The number of hydrogen-bond donors (Lipinski definition) is 0. The van der Waals surface area contributed by atoms with Gasteiger partial charge in [0.05, 0.1) is 0 Å². The van der Waals surface area contributed by atoms with Gasteiger partial charge in [-0.25, -0.2) is 0 Å². The van der Waals surface area contributed by atoms with E-state index in [2.05, 4.69) is 36.4 Å². The van der Waals surface area contributed by atoms with Gasteiger partial charge in [0.15, 0.2) is 0 Å². The average molecular weight is 397 g/mol. The van der Waals surface area contributed by atoms with E-state index in [9.17, 15) is 0 Å². The molecule has 0 nitrogen and oxygen atoms in total. The Morgan fingerprint density at radius 2 is 0.714 bits per heavy atom. The van der Waals surface area contributed by atoms with E-state index in [-0.39, 0.29) is 23.9 Å². The van der Waals surface area contributed by atoms with E-state index >= 15 is 0 Å². The van der Waals surface area contributed by atoms with Crippen LogP contribution >= 0.6 is 11.6 Å².